The van der Waals surface area contributed by atoms with Gasteiger partial charge in [0.25, 0.3) is 0 Å². The molecule has 0 saturated heterocycles. The normalized spacial score (nSPS) is 15.3. The number of furan rings is 1. The first-order chi connectivity index (χ1) is 34.4. The van der Waals surface area contributed by atoms with E-state index in [1.54, 1.807) is 0 Å². The van der Waals surface area contributed by atoms with E-state index < -0.39 is 5.41 Å². The molecule has 3 nitrogen and oxygen atoms in total. The van der Waals surface area contributed by atoms with Crippen LogP contribution in [0.2, 0.25) is 0 Å². The monoisotopic (exact) mass is 899 g/mol. The van der Waals surface area contributed by atoms with E-state index in [9.17, 15) is 0 Å². The Morgan fingerprint density at radius 2 is 1.04 bits per heavy atom. The number of rotatable bonds is 6. The fraction of sp³-hybridized carbons (Fsp3) is 0.104. The molecule has 3 heteroatoms. The van der Waals surface area contributed by atoms with Gasteiger partial charge in [-0.05, 0) is 105 Å². The zero-order valence-corrected chi connectivity index (χ0v) is 39.6. The van der Waals surface area contributed by atoms with Gasteiger partial charge < -0.3 is 14.1 Å². The minimum Gasteiger partial charge on any atom is -0.455 e. The molecule has 1 unspecified atom stereocenters. The maximum absolute atomic E-state index is 7.33. The van der Waals surface area contributed by atoms with Gasteiger partial charge in [-0.1, -0.05) is 202 Å². The van der Waals surface area contributed by atoms with Crippen LogP contribution in [0, 0.1) is 0 Å². The van der Waals surface area contributed by atoms with E-state index in [-0.39, 0.29) is 11.5 Å². The van der Waals surface area contributed by atoms with Gasteiger partial charge in [0.05, 0.1) is 11.5 Å². The van der Waals surface area contributed by atoms with Gasteiger partial charge in [0.15, 0.2) is 0 Å². The Morgan fingerprint density at radius 1 is 0.471 bits per heavy atom. The highest BCUT2D eigenvalue weighted by Crippen LogP contribution is 2.64. The third kappa shape index (κ3) is 5.52. The van der Waals surface area contributed by atoms with Crippen LogP contribution in [0.1, 0.15) is 61.1 Å². The van der Waals surface area contributed by atoms with E-state index in [0.717, 1.165) is 88.6 Å². The molecule has 1 atom stereocenters. The summed E-state index contributed by atoms with van der Waals surface area (Å²) >= 11 is 0. The van der Waals surface area contributed by atoms with Crippen molar-refractivity contribution in [3.05, 3.63) is 257 Å². The molecule has 3 aliphatic rings. The smallest absolute Gasteiger partial charge is 0.143 e. The van der Waals surface area contributed by atoms with Gasteiger partial charge in [-0.3, -0.25) is 0 Å². The van der Waals surface area contributed by atoms with Gasteiger partial charge >= 0.3 is 0 Å². The van der Waals surface area contributed by atoms with Gasteiger partial charge in [0, 0.05) is 55.0 Å². The quantitative estimate of drug-likeness (QED) is 0.166. The molecule has 10 aromatic carbocycles. The zero-order valence-electron chi connectivity index (χ0n) is 39.6. The summed E-state index contributed by atoms with van der Waals surface area (Å²) in [7, 11) is 0. The second-order valence-electron chi connectivity index (χ2n) is 19.8. The molecule has 334 valence electrons. The van der Waals surface area contributed by atoms with Crippen LogP contribution in [0.25, 0.3) is 71.3 Å². The molecule has 70 heavy (non-hydrogen) atoms. The number of nitrogens with zero attached hydrogens (tertiary/aromatic N) is 1. The van der Waals surface area contributed by atoms with Crippen LogP contribution in [-0.2, 0) is 10.8 Å². The standard InChI is InChI=1S/C67H49NO2/c1-5-17-57-62(54-24-11-14-28-56(54)67(57)58-38-32-42-18-6-8-20-48(42)64(58)70-65-49-21-9-7-19-43(49)33-39-59(65)67)41(2)68(46-36-37-51-50-22-10-13-27-55(50)66(3,4)60(51)40-46)45-34-30-44(31-35-45)47-25-16-26-53-52-23-12-15-29-61(52)69-63(47)53/h5-41H,1-4H3/b17-5-. The molecule has 0 radical (unpaired) electrons. The van der Waals surface area contributed by atoms with Crippen molar-refractivity contribution < 1.29 is 9.15 Å². The van der Waals surface area contributed by atoms with E-state index in [0.29, 0.717) is 0 Å². The number of hydrogen-bond donors (Lipinski definition) is 0. The third-order valence-corrected chi connectivity index (χ3v) is 15.9. The van der Waals surface area contributed by atoms with Crippen molar-refractivity contribution in [1.82, 2.24) is 0 Å². The summed E-state index contributed by atoms with van der Waals surface area (Å²) in [6.07, 6.45) is 4.63. The second kappa shape index (κ2) is 15.0. The van der Waals surface area contributed by atoms with Gasteiger partial charge in [-0.15, -0.1) is 0 Å². The summed E-state index contributed by atoms with van der Waals surface area (Å²) in [4.78, 5) is 2.58. The number of ether oxygens (including phenoxy) is 1. The van der Waals surface area contributed by atoms with Crippen molar-refractivity contribution >= 4 is 60.4 Å². The highest BCUT2D eigenvalue weighted by molar-refractivity contribution is 6.10. The molecule has 1 spiro atoms. The van der Waals surface area contributed by atoms with E-state index >= 15 is 0 Å². The van der Waals surface area contributed by atoms with Crippen LogP contribution in [-0.4, -0.2) is 6.04 Å². The average molecular weight is 900 g/mol. The van der Waals surface area contributed by atoms with Gasteiger partial charge in [-0.25, -0.2) is 0 Å². The highest BCUT2D eigenvalue weighted by atomic mass is 16.5. The molecule has 1 aliphatic heterocycles. The molecule has 0 bridgehead atoms. The van der Waals surface area contributed by atoms with Crippen molar-refractivity contribution in [1.29, 1.82) is 0 Å². The predicted octanol–water partition coefficient (Wildman–Crippen LogP) is 17.9. The van der Waals surface area contributed by atoms with Crippen LogP contribution in [0.3, 0.4) is 0 Å². The lowest BCUT2D eigenvalue weighted by atomic mass is 9.64. The summed E-state index contributed by atoms with van der Waals surface area (Å²) in [5.41, 5.74) is 18.1. The first kappa shape index (κ1) is 40.6. The molecular formula is C67H49NO2. The molecule has 11 aromatic rings. The van der Waals surface area contributed by atoms with Crippen LogP contribution < -0.4 is 9.64 Å². The third-order valence-electron chi connectivity index (χ3n) is 15.9. The number of hydrogen-bond acceptors (Lipinski definition) is 3. The van der Waals surface area contributed by atoms with Crippen molar-refractivity contribution in [2.75, 3.05) is 4.90 Å². The largest absolute Gasteiger partial charge is 0.455 e. The van der Waals surface area contributed by atoms with Crippen molar-refractivity contribution in [2.24, 2.45) is 0 Å². The average Bonchev–Trinajstić information content (AvgIpc) is 4.00. The first-order valence-corrected chi connectivity index (χ1v) is 24.6. The molecule has 0 fully saturated rings. The maximum atomic E-state index is 7.33. The predicted molar refractivity (Wildman–Crippen MR) is 291 cm³/mol. The Kier molecular flexibility index (Phi) is 8.74. The molecule has 2 aliphatic carbocycles. The number of fused-ring (bicyclic) bond motifs is 16. The first-order valence-electron chi connectivity index (χ1n) is 24.6. The summed E-state index contributed by atoms with van der Waals surface area (Å²) in [5, 5.41) is 6.79. The number of allylic oxidation sites excluding steroid dienone is 3. The summed E-state index contributed by atoms with van der Waals surface area (Å²) in [6.45, 7) is 9.32. The molecular weight excluding hydrogens is 851 g/mol. The topological polar surface area (TPSA) is 25.6 Å². The molecule has 2 heterocycles. The molecule has 0 N–H and O–H groups in total. The maximum Gasteiger partial charge on any atom is 0.143 e. The summed E-state index contributed by atoms with van der Waals surface area (Å²) in [6, 6.07) is 75.7. The van der Waals surface area contributed by atoms with Gasteiger partial charge in [0.1, 0.15) is 22.7 Å². The van der Waals surface area contributed by atoms with Crippen molar-refractivity contribution in [3.8, 4) is 33.8 Å². The SMILES string of the molecule is C/C=C\C1=C(C(C)N(c2ccc(-c3cccc4c3oc3ccccc34)cc2)c2ccc3c(c2)C(C)(C)c2ccccc2-3)c2ccccc2C12c1ccc3ccccc3c1Oc1c2ccc2ccccc12. The fourth-order valence-electron chi connectivity index (χ4n) is 12.8. The summed E-state index contributed by atoms with van der Waals surface area (Å²) < 4.78 is 13.9. The van der Waals surface area contributed by atoms with E-state index in [2.05, 4.69) is 245 Å². The van der Waals surface area contributed by atoms with Crippen LogP contribution in [0.15, 0.2) is 228 Å². The second-order valence-corrected chi connectivity index (χ2v) is 19.8. The lowest BCUT2D eigenvalue weighted by Crippen LogP contribution is -2.34. The number of para-hydroxylation sites is 2. The lowest BCUT2D eigenvalue weighted by molar-refractivity contribution is 0.446. The number of benzene rings is 10. The Balaban J connectivity index is 1.02. The van der Waals surface area contributed by atoms with Crippen LogP contribution >= 0.6 is 0 Å². The van der Waals surface area contributed by atoms with Gasteiger partial charge in [-0.2, -0.15) is 0 Å². The lowest BCUT2D eigenvalue weighted by Gasteiger charge is -2.41. The van der Waals surface area contributed by atoms with Crippen LogP contribution in [0.4, 0.5) is 11.4 Å². The van der Waals surface area contributed by atoms with E-state index in [1.165, 1.54) is 44.5 Å². The van der Waals surface area contributed by atoms with Crippen molar-refractivity contribution in [2.45, 2.75) is 44.6 Å². The van der Waals surface area contributed by atoms with Crippen LogP contribution in [0.5, 0.6) is 11.5 Å². The van der Waals surface area contributed by atoms with Crippen molar-refractivity contribution in [3.63, 3.8) is 0 Å². The molecule has 0 amide bonds. The van der Waals surface area contributed by atoms with E-state index in [1.807, 2.05) is 6.07 Å². The Hall–Kier alpha value is -8.40. The summed E-state index contributed by atoms with van der Waals surface area (Å²) in [5.74, 6) is 1.83. The Bertz CT molecular complexity index is 3970. The minimum absolute atomic E-state index is 0.142. The van der Waals surface area contributed by atoms with Gasteiger partial charge in [0.2, 0.25) is 0 Å². The molecule has 14 rings (SSSR count). The van der Waals surface area contributed by atoms with E-state index in [4.69, 9.17) is 9.15 Å². The minimum atomic E-state index is -0.688. The number of anilines is 2. The Morgan fingerprint density at radius 3 is 1.76 bits per heavy atom. The Labute approximate surface area is 408 Å². The molecule has 0 saturated carbocycles. The molecule has 1 aromatic heterocycles. The zero-order chi connectivity index (χ0) is 46.9. The highest BCUT2D eigenvalue weighted by Gasteiger charge is 2.53. The fourth-order valence-corrected chi connectivity index (χ4v) is 12.8.